The fourth-order valence-electron chi connectivity index (χ4n) is 1.62. The van der Waals surface area contributed by atoms with Crippen molar-refractivity contribution < 1.29 is 18.3 Å². The highest BCUT2D eigenvalue weighted by molar-refractivity contribution is 8.00. The van der Waals surface area contributed by atoms with E-state index in [9.17, 15) is 13.2 Å². The van der Waals surface area contributed by atoms with Crippen LogP contribution in [0.25, 0.3) is 0 Å². The predicted molar refractivity (Wildman–Crippen MR) is 69.2 cm³/mol. The fourth-order valence-corrected chi connectivity index (χ4v) is 5.06. The summed E-state index contributed by atoms with van der Waals surface area (Å²) in [6, 6.07) is 4.79. The normalized spacial score (nSPS) is 21.1. The molecule has 1 atom stereocenters. The van der Waals surface area contributed by atoms with Crippen molar-refractivity contribution in [3.8, 4) is 0 Å². The summed E-state index contributed by atoms with van der Waals surface area (Å²) in [6.45, 7) is 0. The van der Waals surface area contributed by atoms with Gasteiger partial charge in [0.2, 0.25) is 10.0 Å². The maximum Gasteiger partial charge on any atom is 0.322 e. The van der Waals surface area contributed by atoms with Crippen LogP contribution in [0.1, 0.15) is 0 Å². The molecular formula is C10H10ClNO4S2. The Hall–Kier alpha value is -0.760. The molecule has 0 aliphatic carbocycles. The van der Waals surface area contributed by atoms with Gasteiger partial charge in [-0.25, -0.2) is 8.42 Å². The molecule has 8 heteroatoms. The minimum absolute atomic E-state index is 0.0174. The molecule has 0 aromatic heterocycles. The molecule has 1 aromatic carbocycles. The highest BCUT2D eigenvalue weighted by atomic mass is 35.5. The number of halogens is 1. The first-order valence-corrected chi connectivity index (χ1v) is 7.98. The molecule has 5 nitrogen and oxygen atoms in total. The Morgan fingerprint density at radius 1 is 1.50 bits per heavy atom. The van der Waals surface area contributed by atoms with E-state index in [4.69, 9.17) is 16.7 Å². The average molecular weight is 308 g/mol. The van der Waals surface area contributed by atoms with Crippen molar-refractivity contribution in [2.45, 2.75) is 10.9 Å². The molecule has 1 aromatic rings. The number of sulfonamides is 1. The third-order valence-corrected chi connectivity index (χ3v) is 5.79. The molecule has 98 valence electrons. The number of aliphatic carboxylic acids is 1. The minimum atomic E-state index is -3.81. The molecule has 1 N–H and O–H groups in total. The van der Waals surface area contributed by atoms with E-state index in [1.807, 2.05) is 0 Å². The van der Waals surface area contributed by atoms with Crippen LogP contribution in [0.4, 0.5) is 0 Å². The van der Waals surface area contributed by atoms with Crippen LogP contribution in [0.5, 0.6) is 0 Å². The van der Waals surface area contributed by atoms with Gasteiger partial charge in [-0.15, -0.1) is 11.8 Å². The van der Waals surface area contributed by atoms with Crippen LogP contribution >= 0.6 is 23.4 Å². The Balaban J connectivity index is 2.40. The van der Waals surface area contributed by atoms with Gasteiger partial charge in [0.25, 0.3) is 0 Å². The molecule has 1 saturated heterocycles. The molecule has 0 unspecified atom stereocenters. The van der Waals surface area contributed by atoms with Crippen molar-refractivity contribution in [1.29, 1.82) is 0 Å². The van der Waals surface area contributed by atoms with Crippen LogP contribution in [0, 0.1) is 0 Å². The number of carboxylic acids is 1. The van der Waals surface area contributed by atoms with Crippen LogP contribution in [-0.4, -0.2) is 41.5 Å². The number of benzene rings is 1. The van der Waals surface area contributed by atoms with Crippen LogP contribution in [0.15, 0.2) is 29.2 Å². The SMILES string of the molecule is O=C(O)[C@@H]1CSCN1S(=O)(=O)c1cccc(Cl)c1. The van der Waals surface area contributed by atoms with Gasteiger partial charge in [-0.2, -0.15) is 4.31 Å². The quantitative estimate of drug-likeness (QED) is 0.915. The van der Waals surface area contributed by atoms with E-state index in [2.05, 4.69) is 0 Å². The third-order valence-electron chi connectivity index (χ3n) is 2.53. The Labute approximate surface area is 114 Å². The number of thioether (sulfide) groups is 1. The van der Waals surface area contributed by atoms with Crippen molar-refractivity contribution in [2.75, 3.05) is 11.6 Å². The molecule has 2 rings (SSSR count). The van der Waals surface area contributed by atoms with Gasteiger partial charge in [0.1, 0.15) is 6.04 Å². The topological polar surface area (TPSA) is 74.7 Å². The maximum absolute atomic E-state index is 12.3. The zero-order chi connectivity index (χ0) is 13.3. The lowest BCUT2D eigenvalue weighted by Gasteiger charge is -2.20. The Kier molecular flexibility index (Phi) is 3.86. The largest absolute Gasteiger partial charge is 0.480 e. The van der Waals surface area contributed by atoms with E-state index < -0.39 is 22.0 Å². The van der Waals surface area contributed by atoms with E-state index in [-0.39, 0.29) is 16.5 Å². The van der Waals surface area contributed by atoms with Crippen molar-refractivity contribution in [1.82, 2.24) is 4.31 Å². The van der Waals surface area contributed by atoms with Crippen LogP contribution < -0.4 is 0 Å². The standard InChI is InChI=1S/C10H10ClNO4S2/c11-7-2-1-3-8(4-7)18(15,16)12-6-17-5-9(12)10(13)14/h1-4,9H,5-6H2,(H,13,14)/t9-/m0/s1. The molecule has 0 bridgehead atoms. The summed E-state index contributed by atoms with van der Waals surface area (Å²) < 4.78 is 25.6. The first-order valence-electron chi connectivity index (χ1n) is 5.01. The first kappa shape index (κ1) is 13.7. The molecule has 0 saturated carbocycles. The van der Waals surface area contributed by atoms with Gasteiger partial charge in [-0.3, -0.25) is 4.79 Å². The summed E-state index contributed by atoms with van der Waals surface area (Å²) in [6.07, 6.45) is 0. The van der Waals surface area contributed by atoms with Crippen LogP contribution in [-0.2, 0) is 14.8 Å². The summed E-state index contributed by atoms with van der Waals surface area (Å²) in [7, 11) is -3.81. The monoisotopic (exact) mass is 307 g/mol. The Bertz CT molecular complexity index is 575. The zero-order valence-corrected chi connectivity index (χ0v) is 11.5. The van der Waals surface area contributed by atoms with Gasteiger partial charge in [-0.1, -0.05) is 17.7 Å². The summed E-state index contributed by atoms with van der Waals surface area (Å²) >= 11 is 7.03. The number of hydrogen-bond donors (Lipinski definition) is 1. The van der Waals surface area contributed by atoms with Gasteiger partial charge < -0.3 is 5.11 Å². The zero-order valence-electron chi connectivity index (χ0n) is 9.11. The van der Waals surface area contributed by atoms with Gasteiger partial charge in [0.15, 0.2) is 0 Å². The highest BCUT2D eigenvalue weighted by Gasteiger charge is 2.40. The molecular weight excluding hydrogens is 298 g/mol. The van der Waals surface area contributed by atoms with E-state index in [1.54, 1.807) is 6.07 Å². The molecule has 1 fully saturated rings. The lowest BCUT2D eigenvalue weighted by atomic mass is 10.4. The second-order valence-corrected chi connectivity index (χ2v) is 7.03. The number of carboxylic acid groups (broad SMARTS) is 1. The predicted octanol–water partition coefficient (Wildman–Crippen LogP) is 1.49. The van der Waals surface area contributed by atoms with Gasteiger partial charge in [0, 0.05) is 10.8 Å². The first-order chi connectivity index (χ1) is 8.43. The molecule has 1 heterocycles. The highest BCUT2D eigenvalue weighted by Crippen LogP contribution is 2.29. The molecule has 0 spiro atoms. The van der Waals surface area contributed by atoms with Gasteiger partial charge in [0.05, 0.1) is 10.8 Å². The molecule has 1 aliphatic rings. The molecule has 0 radical (unpaired) electrons. The minimum Gasteiger partial charge on any atom is -0.480 e. The molecule has 0 amide bonds. The smallest absolute Gasteiger partial charge is 0.322 e. The van der Waals surface area contributed by atoms with Crippen molar-refractivity contribution in [2.24, 2.45) is 0 Å². The van der Waals surface area contributed by atoms with E-state index >= 15 is 0 Å². The van der Waals surface area contributed by atoms with Crippen molar-refractivity contribution in [3.05, 3.63) is 29.3 Å². The second-order valence-electron chi connectivity index (χ2n) is 3.70. The lowest BCUT2D eigenvalue weighted by Crippen LogP contribution is -2.41. The van der Waals surface area contributed by atoms with E-state index in [0.717, 1.165) is 4.31 Å². The van der Waals surface area contributed by atoms with Crippen molar-refractivity contribution in [3.63, 3.8) is 0 Å². The van der Waals surface area contributed by atoms with E-state index in [1.165, 1.54) is 30.0 Å². The second kappa shape index (κ2) is 5.08. The van der Waals surface area contributed by atoms with E-state index in [0.29, 0.717) is 5.02 Å². The Morgan fingerprint density at radius 3 is 2.83 bits per heavy atom. The molecule has 1 aliphatic heterocycles. The van der Waals surface area contributed by atoms with Crippen LogP contribution in [0.2, 0.25) is 5.02 Å². The van der Waals surface area contributed by atoms with Gasteiger partial charge in [-0.05, 0) is 18.2 Å². The third kappa shape index (κ3) is 2.49. The molecule has 18 heavy (non-hydrogen) atoms. The summed E-state index contributed by atoms with van der Waals surface area (Å²) in [4.78, 5) is 11.0. The number of carbonyl (C=O) groups is 1. The number of rotatable bonds is 3. The van der Waals surface area contributed by atoms with Crippen molar-refractivity contribution >= 4 is 39.4 Å². The summed E-state index contributed by atoms with van der Waals surface area (Å²) in [5, 5.41) is 9.30. The summed E-state index contributed by atoms with van der Waals surface area (Å²) in [5.41, 5.74) is 0. The fraction of sp³-hybridized carbons (Fsp3) is 0.300. The number of hydrogen-bond acceptors (Lipinski definition) is 4. The number of nitrogens with zero attached hydrogens (tertiary/aromatic N) is 1. The van der Waals surface area contributed by atoms with Gasteiger partial charge >= 0.3 is 5.97 Å². The van der Waals surface area contributed by atoms with Crippen LogP contribution in [0.3, 0.4) is 0 Å². The summed E-state index contributed by atoms with van der Waals surface area (Å²) in [5.74, 6) is -0.730. The maximum atomic E-state index is 12.3. The lowest BCUT2D eigenvalue weighted by molar-refractivity contribution is -0.140. The average Bonchev–Trinajstić information content (AvgIpc) is 2.78. The Morgan fingerprint density at radius 2 is 2.22 bits per heavy atom.